The molecule has 0 amide bonds. The third kappa shape index (κ3) is 11.9. The molecule has 2 unspecified atom stereocenters. The summed E-state index contributed by atoms with van der Waals surface area (Å²) in [5.74, 6) is 3.15. The van der Waals surface area contributed by atoms with Crippen LogP contribution in [0.3, 0.4) is 0 Å². The largest absolute Gasteiger partial charge is 0.376 e. The summed E-state index contributed by atoms with van der Waals surface area (Å²) in [5.41, 5.74) is 6.15. The van der Waals surface area contributed by atoms with Crippen LogP contribution in [0, 0.1) is 11.8 Å². The minimum absolute atomic E-state index is 0.169. The van der Waals surface area contributed by atoms with E-state index in [2.05, 4.69) is 76.2 Å². The van der Waals surface area contributed by atoms with Gasteiger partial charge in [-0.1, -0.05) is 88.1 Å². The predicted molar refractivity (Wildman–Crippen MR) is 189 cm³/mol. The molecule has 0 N–H and O–H groups in total. The van der Waals surface area contributed by atoms with Crippen molar-refractivity contribution in [1.82, 2.24) is 0 Å². The van der Waals surface area contributed by atoms with Gasteiger partial charge in [0, 0.05) is 13.2 Å². The van der Waals surface area contributed by atoms with Gasteiger partial charge in [0.25, 0.3) is 0 Å². The molecule has 2 saturated carbocycles. The van der Waals surface area contributed by atoms with Gasteiger partial charge in [-0.05, 0) is 150 Å². The number of hydrogen-bond donors (Lipinski definition) is 0. The molecule has 2 aromatic rings. The number of hydrogen-bond acceptors (Lipinski definition) is 2. The summed E-state index contributed by atoms with van der Waals surface area (Å²) >= 11 is 0. The van der Waals surface area contributed by atoms with Gasteiger partial charge in [0.15, 0.2) is 0 Å². The fourth-order valence-corrected chi connectivity index (χ4v) is 7.75. The minimum atomic E-state index is 0.169. The molecule has 44 heavy (non-hydrogen) atoms. The van der Waals surface area contributed by atoms with Crippen molar-refractivity contribution >= 4 is 0 Å². The second-order valence-corrected chi connectivity index (χ2v) is 14.6. The van der Waals surface area contributed by atoms with E-state index in [1.807, 2.05) is 0 Å². The first-order chi connectivity index (χ1) is 21.6. The summed E-state index contributed by atoms with van der Waals surface area (Å²) in [4.78, 5) is 0. The average molecular weight is 603 g/mol. The van der Waals surface area contributed by atoms with Crippen LogP contribution >= 0.6 is 0 Å². The molecular formula is C42H66O2. The van der Waals surface area contributed by atoms with Crippen LogP contribution in [0.1, 0.15) is 165 Å². The Bertz CT molecular complexity index is 912. The molecule has 0 aliphatic heterocycles. The molecule has 2 aliphatic carbocycles. The van der Waals surface area contributed by atoms with E-state index in [0.29, 0.717) is 0 Å². The van der Waals surface area contributed by atoms with Crippen molar-refractivity contribution in [2.45, 2.75) is 167 Å². The van der Waals surface area contributed by atoms with Gasteiger partial charge in [0.2, 0.25) is 0 Å². The number of aryl methyl sites for hydroxylation is 2. The first-order valence-corrected chi connectivity index (χ1v) is 19.0. The Morgan fingerprint density at radius 1 is 0.523 bits per heavy atom. The van der Waals surface area contributed by atoms with Gasteiger partial charge < -0.3 is 9.47 Å². The monoisotopic (exact) mass is 603 g/mol. The van der Waals surface area contributed by atoms with Crippen LogP contribution in [0.15, 0.2) is 48.5 Å². The molecule has 2 heteroatoms. The Kier molecular flexibility index (Phi) is 15.8. The van der Waals surface area contributed by atoms with E-state index in [4.69, 9.17) is 9.47 Å². The fraction of sp³-hybridized carbons (Fsp3) is 0.714. The molecule has 246 valence electrons. The first-order valence-electron chi connectivity index (χ1n) is 19.0. The number of unbranched alkanes of at least 4 members (excludes halogenated alkanes) is 4. The molecule has 2 nitrogen and oxygen atoms in total. The Hall–Kier alpha value is -1.64. The molecule has 4 rings (SSSR count). The summed E-state index contributed by atoms with van der Waals surface area (Å²) in [6, 6.07) is 19.2. The van der Waals surface area contributed by atoms with Gasteiger partial charge in [-0.3, -0.25) is 0 Å². The van der Waals surface area contributed by atoms with E-state index in [-0.39, 0.29) is 12.2 Å². The van der Waals surface area contributed by atoms with Crippen LogP contribution in [-0.4, -0.2) is 25.4 Å². The second kappa shape index (κ2) is 19.8. The minimum Gasteiger partial charge on any atom is -0.376 e. The van der Waals surface area contributed by atoms with Crippen LogP contribution in [-0.2, 0) is 22.3 Å². The zero-order valence-electron chi connectivity index (χ0n) is 29.0. The zero-order valence-corrected chi connectivity index (χ0v) is 29.0. The standard InChI is InChI=1S/C42H66O2/c1-5-7-9-11-35-13-21-39(22-14-35)41-25-17-37(18-26-41)29-31-43-33(3)34(4)44-32-30-38-19-27-42(28-20-38)40-23-15-36(16-24-40)12-10-8-6-2/h13-16,21-24,33-34,37-38,41-42H,5-12,17-20,25-32H2,1-4H3/t33?,34?,37-,38?,41-,42?. The third-order valence-corrected chi connectivity index (χ3v) is 11.2. The maximum atomic E-state index is 6.29. The molecule has 2 aliphatic rings. The molecule has 0 radical (unpaired) electrons. The van der Waals surface area contributed by atoms with Crippen LogP contribution in [0.5, 0.6) is 0 Å². The lowest BCUT2D eigenvalue weighted by Crippen LogP contribution is -2.28. The highest BCUT2D eigenvalue weighted by atomic mass is 16.5. The molecule has 0 bridgehead atoms. The van der Waals surface area contributed by atoms with Crippen LogP contribution in [0.2, 0.25) is 0 Å². The van der Waals surface area contributed by atoms with Crippen LogP contribution in [0.4, 0.5) is 0 Å². The lowest BCUT2D eigenvalue weighted by molar-refractivity contribution is -0.0628. The average Bonchev–Trinajstić information content (AvgIpc) is 3.06. The van der Waals surface area contributed by atoms with Crippen molar-refractivity contribution < 1.29 is 9.47 Å². The van der Waals surface area contributed by atoms with Crippen molar-refractivity contribution in [2.75, 3.05) is 13.2 Å². The molecular weight excluding hydrogens is 536 g/mol. The highest BCUT2D eigenvalue weighted by Crippen LogP contribution is 2.38. The summed E-state index contributed by atoms with van der Waals surface area (Å²) < 4.78 is 12.6. The van der Waals surface area contributed by atoms with Gasteiger partial charge in [0.05, 0.1) is 12.2 Å². The summed E-state index contributed by atoms with van der Waals surface area (Å²) in [7, 11) is 0. The maximum Gasteiger partial charge on any atom is 0.0805 e. The van der Waals surface area contributed by atoms with E-state index < -0.39 is 0 Å². The number of benzene rings is 2. The van der Waals surface area contributed by atoms with Gasteiger partial charge in [-0.2, -0.15) is 0 Å². The third-order valence-electron chi connectivity index (χ3n) is 11.2. The molecule has 0 spiro atoms. The van der Waals surface area contributed by atoms with Crippen molar-refractivity contribution in [2.24, 2.45) is 11.8 Å². The van der Waals surface area contributed by atoms with E-state index in [1.165, 1.54) is 127 Å². The smallest absolute Gasteiger partial charge is 0.0805 e. The summed E-state index contributed by atoms with van der Waals surface area (Å²) in [6.07, 6.45) is 23.9. The van der Waals surface area contributed by atoms with E-state index in [9.17, 15) is 0 Å². The Balaban J connectivity index is 1.03. The Labute approximate surface area is 272 Å². The maximum absolute atomic E-state index is 6.29. The summed E-state index contributed by atoms with van der Waals surface area (Å²) in [6.45, 7) is 10.7. The van der Waals surface area contributed by atoms with Crippen molar-refractivity contribution in [3.05, 3.63) is 70.8 Å². The fourth-order valence-electron chi connectivity index (χ4n) is 7.75. The molecule has 0 heterocycles. The quantitative estimate of drug-likeness (QED) is 0.149. The van der Waals surface area contributed by atoms with Crippen LogP contribution in [0.25, 0.3) is 0 Å². The highest BCUT2D eigenvalue weighted by molar-refractivity contribution is 5.27. The topological polar surface area (TPSA) is 18.5 Å². The van der Waals surface area contributed by atoms with E-state index in [0.717, 1.165) is 36.9 Å². The van der Waals surface area contributed by atoms with Crippen molar-refractivity contribution in [3.63, 3.8) is 0 Å². The molecule has 2 fully saturated rings. The Morgan fingerprint density at radius 3 is 1.23 bits per heavy atom. The van der Waals surface area contributed by atoms with Gasteiger partial charge >= 0.3 is 0 Å². The lowest BCUT2D eigenvalue weighted by atomic mass is 9.77. The van der Waals surface area contributed by atoms with Gasteiger partial charge in [-0.15, -0.1) is 0 Å². The molecule has 2 aromatic carbocycles. The van der Waals surface area contributed by atoms with Crippen molar-refractivity contribution in [3.8, 4) is 0 Å². The summed E-state index contributed by atoms with van der Waals surface area (Å²) in [5, 5.41) is 0. The van der Waals surface area contributed by atoms with Gasteiger partial charge in [0.1, 0.15) is 0 Å². The number of ether oxygens (including phenoxy) is 2. The highest BCUT2D eigenvalue weighted by Gasteiger charge is 2.24. The zero-order chi connectivity index (χ0) is 31.0. The SMILES string of the molecule is CCCCCc1ccc(C2CCC(CCOC(C)C(C)OCC[C@H]3CC[C@H](c4ccc(CCCCC)cc4)CC3)CC2)cc1. The molecule has 2 atom stereocenters. The van der Waals surface area contributed by atoms with E-state index >= 15 is 0 Å². The Morgan fingerprint density at radius 2 is 0.886 bits per heavy atom. The normalized spacial score (nSPS) is 23.8. The molecule has 0 saturated heterocycles. The second-order valence-electron chi connectivity index (χ2n) is 14.6. The van der Waals surface area contributed by atoms with Gasteiger partial charge in [-0.25, -0.2) is 0 Å². The predicted octanol–water partition coefficient (Wildman–Crippen LogP) is 12.0. The first kappa shape index (κ1) is 35.2. The van der Waals surface area contributed by atoms with Crippen molar-refractivity contribution in [1.29, 1.82) is 0 Å². The number of rotatable bonds is 19. The van der Waals surface area contributed by atoms with E-state index in [1.54, 1.807) is 11.1 Å². The van der Waals surface area contributed by atoms with Crippen LogP contribution < -0.4 is 0 Å². The molecule has 0 aromatic heterocycles. The lowest BCUT2D eigenvalue weighted by Gasteiger charge is -2.30.